The summed E-state index contributed by atoms with van der Waals surface area (Å²) in [5.74, 6) is 0.949. The van der Waals surface area contributed by atoms with Crippen LogP contribution in [0.15, 0.2) is 28.5 Å². The Labute approximate surface area is 242 Å². The van der Waals surface area contributed by atoms with Gasteiger partial charge >= 0.3 is 12.1 Å². The molecule has 1 aliphatic carbocycles. The van der Waals surface area contributed by atoms with Gasteiger partial charge in [-0.05, 0) is 81.2 Å². The smallest absolute Gasteiger partial charge is 0.408 e. The van der Waals surface area contributed by atoms with Crippen LogP contribution in [-0.4, -0.2) is 56.1 Å². The van der Waals surface area contributed by atoms with E-state index in [0.29, 0.717) is 27.8 Å². The van der Waals surface area contributed by atoms with Crippen molar-refractivity contribution in [3.63, 3.8) is 0 Å². The van der Waals surface area contributed by atoms with E-state index in [0.717, 1.165) is 34.1 Å². The van der Waals surface area contributed by atoms with Crippen LogP contribution in [0, 0.1) is 3.57 Å². The maximum Gasteiger partial charge on any atom is 0.408 e. The molecule has 2 aliphatic rings. The van der Waals surface area contributed by atoms with E-state index in [1.54, 1.807) is 25.3 Å². The van der Waals surface area contributed by atoms with Gasteiger partial charge in [0.2, 0.25) is 6.79 Å². The predicted octanol–water partition coefficient (Wildman–Crippen LogP) is 4.27. The maximum atomic E-state index is 13.4. The summed E-state index contributed by atoms with van der Waals surface area (Å²) in [4.78, 5) is 40.1. The number of benzene rings is 1. The molecule has 3 aromatic rings. The van der Waals surface area contributed by atoms with Gasteiger partial charge in [0.1, 0.15) is 24.1 Å². The summed E-state index contributed by atoms with van der Waals surface area (Å²) >= 11 is 3.56. The lowest BCUT2D eigenvalue weighted by Crippen LogP contribution is -2.47. The largest absolute Gasteiger partial charge is 0.461 e. The molecule has 0 unspecified atom stereocenters. The normalized spacial score (nSPS) is 15.9. The summed E-state index contributed by atoms with van der Waals surface area (Å²) in [6, 6.07) is 2.69. The van der Waals surface area contributed by atoms with E-state index in [9.17, 15) is 9.59 Å². The van der Waals surface area contributed by atoms with Crippen LogP contribution in [0.25, 0.3) is 11.2 Å². The lowest BCUT2D eigenvalue weighted by Gasteiger charge is -2.24. The van der Waals surface area contributed by atoms with Crippen LogP contribution < -0.4 is 20.5 Å². The van der Waals surface area contributed by atoms with E-state index in [4.69, 9.17) is 29.7 Å². The maximum absolute atomic E-state index is 13.4. The Morgan fingerprint density at radius 2 is 1.95 bits per heavy atom. The second kappa shape index (κ2) is 11.2. The number of anilines is 1. The monoisotopic (exact) mass is 668 g/mol. The van der Waals surface area contributed by atoms with Gasteiger partial charge in [0.25, 0.3) is 0 Å². The van der Waals surface area contributed by atoms with Gasteiger partial charge in [0.05, 0.1) is 6.54 Å². The van der Waals surface area contributed by atoms with Crippen molar-refractivity contribution in [1.82, 2.24) is 24.8 Å². The second-order valence-electron chi connectivity index (χ2n) is 10.2. The SMILES string of the molecule is CC(C)(C)OC(=O)N[C@@H](Cn1c(Sc2cc3c(cc2I)OCO3)nc2c(N)ncnc21)C(=O)OC1CCCC1. The highest BCUT2D eigenvalue weighted by Crippen LogP contribution is 2.41. The third-order valence-corrected chi connectivity index (χ3v) is 8.39. The van der Waals surface area contributed by atoms with E-state index >= 15 is 0 Å². The van der Waals surface area contributed by atoms with Crippen LogP contribution in [0.4, 0.5) is 10.6 Å². The van der Waals surface area contributed by atoms with Gasteiger partial charge in [0.15, 0.2) is 33.6 Å². The number of esters is 1. The van der Waals surface area contributed by atoms with Crippen molar-refractivity contribution in [2.75, 3.05) is 12.5 Å². The number of imidazole rings is 1. The molecular weight excluding hydrogens is 639 g/mol. The zero-order valence-electron chi connectivity index (χ0n) is 21.7. The Hall–Kier alpha value is -3.01. The zero-order valence-corrected chi connectivity index (χ0v) is 24.7. The van der Waals surface area contributed by atoms with Gasteiger partial charge in [-0.3, -0.25) is 0 Å². The highest BCUT2D eigenvalue weighted by atomic mass is 127. The first-order chi connectivity index (χ1) is 18.6. The lowest BCUT2D eigenvalue weighted by molar-refractivity contribution is -0.151. The molecule has 1 fully saturated rings. The van der Waals surface area contributed by atoms with Crippen LogP contribution in [0.2, 0.25) is 0 Å². The number of nitrogens with zero attached hydrogens (tertiary/aromatic N) is 4. The summed E-state index contributed by atoms with van der Waals surface area (Å²) in [6.45, 7) is 5.40. The molecule has 3 heterocycles. The van der Waals surface area contributed by atoms with Crippen molar-refractivity contribution < 1.29 is 28.5 Å². The molecule has 1 aromatic carbocycles. The van der Waals surface area contributed by atoms with Crippen LogP contribution in [0.3, 0.4) is 0 Å². The number of hydrogen-bond donors (Lipinski definition) is 2. The number of alkyl carbamates (subject to hydrolysis) is 1. The summed E-state index contributed by atoms with van der Waals surface area (Å²) in [7, 11) is 0. The van der Waals surface area contributed by atoms with E-state index < -0.39 is 23.7 Å². The minimum atomic E-state index is -1.07. The Morgan fingerprint density at radius 3 is 2.67 bits per heavy atom. The number of rotatable bonds is 7. The Kier molecular flexibility index (Phi) is 7.94. The van der Waals surface area contributed by atoms with Gasteiger partial charge in [-0.15, -0.1) is 0 Å². The van der Waals surface area contributed by atoms with Crippen molar-refractivity contribution in [3.8, 4) is 11.5 Å². The second-order valence-corrected chi connectivity index (χ2v) is 12.4. The van der Waals surface area contributed by atoms with Crippen LogP contribution in [0.5, 0.6) is 11.5 Å². The molecular formula is C25H29IN6O6S. The fraction of sp³-hybridized carbons (Fsp3) is 0.480. The standard InChI is InChI=1S/C25H29IN6O6S/c1-25(2,3)38-24(34)30-15(22(33)37-13-6-4-5-7-13)10-32-21-19(20(27)28-11-29-21)31-23(32)39-18-9-17-16(8-14(18)26)35-12-36-17/h8-9,11,13,15H,4-7,10,12H2,1-3H3,(H,30,34)(H2,27,28,29)/t15-/m0/s1. The minimum Gasteiger partial charge on any atom is -0.461 e. The minimum absolute atomic E-state index is 0.0127. The number of halogens is 1. The third kappa shape index (κ3) is 6.42. The molecule has 2 aromatic heterocycles. The van der Waals surface area contributed by atoms with Crippen molar-refractivity contribution >= 4 is 63.4 Å². The van der Waals surface area contributed by atoms with Crippen molar-refractivity contribution in [2.45, 2.75) is 80.8 Å². The molecule has 0 spiro atoms. The van der Waals surface area contributed by atoms with E-state index in [-0.39, 0.29) is 25.3 Å². The van der Waals surface area contributed by atoms with Crippen LogP contribution >= 0.6 is 34.4 Å². The quantitative estimate of drug-likeness (QED) is 0.274. The molecule has 0 saturated heterocycles. The number of carbonyl (C=O) groups excluding carboxylic acids is 2. The number of amides is 1. The first-order valence-corrected chi connectivity index (χ1v) is 14.4. The van der Waals surface area contributed by atoms with Gasteiger partial charge < -0.3 is 34.6 Å². The fourth-order valence-corrected chi connectivity index (χ4v) is 6.01. The number of carbonyl (C=O) groups is 2. The molecule has 5 rings (SSSR count). The predicted molar refractivity (Wildman–Crippen MR) is 151 cm³/mol. The first kappa shape index (κ1) is 27.6. The van der Waals surface area contributed by atoms with Gasteiger partial charge in [-0.1, -0.05) is 11.8 Å². The zero-order chi connectivity index (χ0) is 27.7. The topological polar surface area (TPSA) is 153 Å². The highest BCUT2D eigenvalue weighted by Gasteiger charge is 2.31. The number of ether oxygens (including phenoxy) is 4. The number of nitrogens with two attached hydrogens (primary N) is 1. The summed E-state index contributed by atoms with van der Waals surface area (Å²) in [5, 5.41) is 3.19. The molecule has 1 saturated carbocycles. The fourth-order valence-electron chi connectivity index (χ4n) is 4.32. The Morgan fingerprint density at radius 1 is 1.23 bits per heavy atom. The van der Waals surface area contributed by atoms with E-state index in [2.05, 4.69) is 37.9 Å². The van der Waals surface area contributed by atoms with Crippen molar-refractivity contribution in [2.24, 2.45) is 0 Å². The van der Waals surface area contributed by atoms with Gasteiger partial charge in [-0.25, -0.2) is 24.5 Å². The summed E-state index contributed by atoms with van der Waals surface area (Å²) < 4.78 is 24.9. The molecule has 1 amide bonds. The Balaban J connectivity index is 1.49. The van der Waals surface area contributed by atoms with E-state index in [1.165, 1.54) is 18.1 Å². The summed E-state index contributed by atoms with van der Waals surface area (Å²) in [5.41, 5.74) is 6.19. The van der Waals surface area contributed by atoms with Gasteiger partial charge in [-0.2, -0.15) is 0 Å². The molecule has 208 valence electrons. The molecule has 12 nitrogen and oxygen atoms in total. The number of nitrogen functional groups attached to an aromatic ring is 1. The Bertz CT molecular complexity index is 1400. The average molecular weight is 669 g/mol. The van der Waals surface area contributed by atoms with Crippen molar-refractivity contribution in [1.29, 1.82) is 0 Å². The van der Waals surface area contributed by atoms with Gasteiger partial charge in [0, 0.05) is 8.47 Å². The van der Waals surface area contributed by atoms with Crippen LogP contribution in [0.1, 0.15) is 46.5 Å². The number of hydrogen-bond acceptors (Lipinski definition) is 11. The number of aromatic nitrogens is 4. The molecule has 1 aliphatic heterocycles. The first-order valence-electron chi connectivity index (χ1n) is 12.5. The molecule has 39 heavy (non-hydrogen) atoms. The number of fused-ring (bicyclic) bond motifs is 2. The molecule has 14 heteroatoms. The third-order valence-electron chi connectivity index (χ3n) is 6.08. The summed E-state index contributed by atoms with van der Waals surface area (Å²) in [6.07, 6.45) is 4.02. The average Bonchev–Trinajstić information content (AvgIpc) is 3.59. The molecule has 3 N–H and O–H groups in total. The highest BCUT2D eigenvalue weighted by molar-refractivity contribution is 14.1. The molecule has 0 bridgehead atoms. The van der Waals surface area contributed by atoms with Crippen LogP contribution in [-0.2, 0) is 20.8 Å². The molecule has 1 atom stereocenters. The molecule has 0 radical (unpaired) electrons. The van der Waals surface area contributed by atoms with Crippen molar-refractivity contribution in [3.05, 3.63) is 22.0 Å². The number of nitrogens with one attached hydrogen (secondary N) is 1. The van der Waals surface area contributed by atoms with E-state index in [1.807, 2.05) is 12.1 Å². The lowest BCUT2D eigenvalue weighted by atomic mass is 10.2.